The van der Waals surface area contributed by atoms with Gasteiger partial charge in [0.25, 0.3) is 0 Å². The number of esters is 1. The number of fused-ring (bicyclic) bond motifs is 1. The van der Waals surface area contributed by atoms with E-state index in [1.807, 2.05) is 12.1 Å². The molecule has 4 nitrogen and oxygen atoms in total. The number of hydrogen-bond acceptors (Lipinski definition) is 4. The molecule has 1 fully saturated rings. The summed E-state index contributed by atoms with van der Waals surface area (Å²) in [5.41, 5.74) is 9.70. The highest BCUT2D eigenvalue weighted by Gasteiger charge is 2.27. The summed E-state index contributed by atoms with van der Waals surface area (Å²) in [6, 6.07) is 15.0. The molecule has 1 heterocycles. The minimum Gasteiger partial charge on any atom is -0.468 e. The fourth-order valence-corrected chi connectivity index (χ4v) is 5.21. The topological polar surface area (TPSA) is 38.8 Å². The lowest BCUT2D eigenvalue weighted by molar-refractivity contribution is 0.00743. The molecule has 0 unspecified atom stereocenters. The van der Waals surface area contributed by atoms with Gasteiger partial charge in [-0.1, -0.05) is 48.7 Å². The van der Waals surface area contributed by atoms with Gasteiger partial charge in [-0.05, 0) is 105 Å². The predicted molar refractivity (Wildman–Crippen MR) is 146 cm³/mol. The van der Waals surface area contributed by atoms with Crippen molar-refractivity contribution < 1.29 is 14.3 Å². The maximum Gasteiger partial charge on any atom is 0.337 e. The largest absolute Gasteiger partial charge is 0.468 e. The lowest BCUT2D eigenvalue weighted by atomic mass is 9.91. The van der Waals surface area contributed by atoms with Crippen molar-refractivity contribution in [1.29, 1.82) is 0 Å². The number of nitrogens with zero attached hydrogens (tertiary/aromatic N) is 1. The van der Waals surface area contributed by atoms with Crippen LogP contribution in [0.3, 0.4) is 0 Å². The van der Waals surface area contributed by atoms with Crippen LogP contribution in [0, 0.1) is 5.92 Å². The lowest BCUT2D eigenvalue weighted by Gasteiger charge is -2.28. The Morgan fingerprint density at radius 1 is 1.17 bits per heavy atom. The third-order valence-corrected chi connectivity index (χ3v) is 7.05. The molecule has 4 rings (SSSR count). The molecule has 0 radical (unpaired) electrons. The van der Waals surface area contributed by atoms with Crippen LogP contribution in [0.25, 0.3) is 5.57 Å². The van der Waals surface area contributed by atoms with Gasteiger partial charge in [-0.25, -0.2) is 4.79 Å². The van der Waals surface area contributed by atoms with Crippen LogP contribution in [0.2, 0.25) is 0 Å². The van der Waals surface area contributed by atoms with Crippen molar-refractivity contribution in [3.8, 4) is 0 Å². The Labute approximate surface area is 216 Å². The highest BCUT2D eigenvalue weighted by molar-refractivity contribution is 5.91. The first-order valence-electron chi connectivity index (χ1n) is 13.1. The summed E-state index contributed by atoms with van der Waals surface area (Å²) < 4.78 is 11.0. The van der Waals surface area contributed by atoms with Gasteiger partial charge < -0.3 is 14.4 Å². The number of likely N-dealkylation sites (tertiary alicyclic amines) is 1. The Bertz CT molecular complexity index is 1160. The van der Waals surface area contributed by atoms with Gasteiger partial charge in [-0.3, -0.25) is 0 Å². The number of hydrogen-bond donors (Lipinski definition) is 0. The summed E-state index contributed by atoms with van der Waals surface area (Å²) in [4.78, 5) is 14.3. The SMILES string of the molecule is C=C=C(OC(C)(C)C)N1CC[C@H](CCc2ccc(C3=CCCCc4cc(C(=O)OC)ccc43)cc2)C1. The third-order valence-electron chi connectivity index (χ3n) is 7.05. The van der Waals surface area contributed by atoms with Gasteiger partial charge in [-0.15, -0.1) is 0 Å². The summed E-state index contributed by atoms with van der Waals surface area (Å²) in [6.45, 7) is 12.0. The van der Waals surface area contributed by atoms with E-state index in [9.17, 15) is 4.79 Å². The molecule has 0 amide bonds. The summed E-state index contributed by atoms with van der Waals surface area (Å²) in [5.74, 6) is 1.16. The molecule has 4 heteroatoms. The molecule has 1 aliphatic carbocycles. The van der Waals surface area contributed by atoms with Crippen LogP contribution < -0.4 is 0 Å². The fraction of sp³-hybridized carbons (Fsp3) is 0.438. The van der Waals surface area contributed by atoms with Crippen molar-refractivity contribution in [3.63, 3.8) is 0 Å². The maximum absolute atomic E-state index is 12.0. The van der Waals surface area contributed by atoms with Crippen LogP contribution in [0.4, 0.5) is 0 Å². The van der Waals surface area contributed by atoms with Gasteiger partial charge in [0.15, 0.2) is 0 Å². The first-order chi connectivity index (χ1) is 17.3. The monoisotopic (exact) mass is 485 g/mol. The highest BCUT2D eigenvalue weighted by Crippen LogP contribution is 2.32. The molecule has 0 saturated carbocycles. The van der Waals surface area contributed by atoms with E-state index in [-0.39, 0.29) is 11.6 Å². The van der Waals surface area contributed by atoms with E-state index < -0.39 is 0 Å². The smallest absolute Gasteiger partial charge is 0.337 e. The molecular weight excluding hydrogens is 446 g/mol. The van der Waals surface area contributed by atoms with E-state index in [1.165, 1.54) is 41.4 Å². The lowest BCUT2D eigenvalue weighted by Crippen LogP contribution is -2.28. The molecule has 2 aromatic rings. The van der Waals surface area contributed by atoms with Gasteiger partial charge in [-0.2, -0.15) is 0 Å². The number of benzene rings is 2. The van der Waals surface area contributed by atoms with Gasteiger partial charge >= 0.3 is 5.97 Å². The standard InChI is InChI=1S/C32H39NO3/c1-6-30(36-32(2,3)4)33-20-19-24(22-33)12-11-23-13-15-25(16-14-23)28-10-8-7-9-26-21-27(31(34)35-5)17-18-29(26)28/h10,13-18,21,24H,1,7-9,11-12,19-20,22H2,2-5H3/t24-/m0/s1. The van der Waals surface area contributed by atoms with Gasteiger partial charge in [0, 0.05) is 13.1 Å². The van der Waals surface area contributed by atoms with E-state index in [0.717, 1.165) is 51.1 Å². The Kier molecular flexibility index (Phi) is 8.06. The first kappa shape index (κ1) is 25.9. The van der Waals surface area contributed by atoms with Crippen molar-refractivity contribution in [2.24, 2.45) is 5.92 Å². The molecule has 1 saturated heterocycles. The van der Waals surface area contributed by atoms with E-state index in [0.29, 0.717) is 11.5 Å². The van der Waals surface area contributed by atoms with E-state index in [4.69, 9.17) is 9.47 Å². The minimum atomic E-state index is -0.277. The average molecular weight is 486 g/mol. The zero-order chi connectivity index (χ0) is 25.7. The highest BCUT2D eigenvalue weighted by atomic mass is 16.5. The summed E-state index contributed by atoms with van der Waals surface area (Å²) in [5, 5.41) is 0. The second-order valence-electron chi connectivity index (χ2n) is 10.9. The van der Waals surface area contributed by atoms with Crippen LogP contribution in [-0.2, 0) is 22.3 Å². The molecule has 0 bridgehead atoms. The van der Waals surface area contributed by atoms with Crippen LogP contribution in [0.15, 0.2) is 66.7 Å². The Morgan fingerprint density at radius 2 is 1.94 bits per heavy atom. The number of rotatable bonds is 7. The van der Waals surface area contributed by atoms with Gasteiger partial charge in [0.1, 0.15) is 5.60 Å². The number of ether oxygens (including phenoxy) is 2. The second kappa shape index (κ2) is 11.2. The van der Waals surface area contributed by atoms with Crippen LogP contribution in [0.5, 0.6) is 0 Å². The normalized spacial score (nSPS) is 17.5. The molecule has 1 atom stereocenters. The molecule has 2 aliphatic rings. The summed E-state index contributed by atoms with van der Waals surface area (Å²) >= 11 is 0. The Hall–Kier alpha value is -3.23. The molecule has 0 N–H and O–H groups in total. The molecule has 190 valence electrons. The van der Waals surface area contributed by atoms with Crippen LogP contribution in [0.1, 0.15) is 79.1 Å². The van der Waals surface area contributed by atoms with Crippen molar-refractivity contribution in [1.82, 2.24) is 4.90 Å². The zero-order valence-electron chi connectivity index (χ0n) is 22.2. The Morgan fingerprint density at radius 3 is 2.64 bits per heavy atom. The van der Waals surface area contributed by atoms with Gasteiger partial charge in [0.05, 0.1) is 12.7 Å². The number of carbonyl (C=O) groups excluding carboxylic acids is 1. The first-order valence-corrected chi connectivity index (χ1v) is 13.1. The van der Waals surface area contributed by atoms with Crippen molar-refractivity contribution in [2.45, 2.75) is 64.9 Å². The Balaban J connectivity index is 1.39. The molecule has 2 aromatic carbocycles. The number of aryl methyl sites for hydroxylation is 2. The van der Waals surface area contributed by atoms with Crippen molar-refractivity contribution in [3.05, 3.63) is 94.6 Å². The number of methoxy groups -OCH3 is 1. The fourth-order valence-electron chi connectivity index (χ4n) is 5.21. The van der Waals surface area contributed by atoms with E-state index in [2.05, 4.69) is 74.4 Å². The molecule has 0 aromatic heterocycles. The summed E-state index contributed by atoms with van der Waals surface area (Å²) in [7, 11) is 1.43. The van der Waals surface area contributed by atoms with Gasteiger partial charge in [0.2, 0.25) is 5.88 Å². The number of carbonyl (C=O) groups is 1. The average Bonchev–Trinajstić information content (AvgIpc) is 3.24. The maximum atomic E-state index is 12.0. The van der Waals surface area contributed by atoms with Crippen LogP contribution in [-0.4, -0.2) is 36.7 Å². The summed E-state index contributed by atoms with van der Waals surface area (Å²) in [6.07, 6.45) is 8.85. The van der Waals surface area contributed by atoms with Crippen molar-refractivity contribution >= 4 is 11.5 Å². The number of allylic oxidation sites excluding steroid dienone is 1. The second-order valence-corrected chi connectivity index (χ2v) is 10.9. The van der Waals surface area contributed by atoms with E-state index in [1.54, 1.807) is 0 Å². The van der Waals surface area contributed by atoms with Crippen LogP contribution >= 0.6 is 0 Å². The van der Waals surface area contributed by atoms with E-state index >= 15 is 0 Å². The zero-order valence-corrected chi connectivity index (χ0v) is 22.2. The molecule has 36 heavy (non-hydrogen) atoms. The predicted octanol–water partition coefficient (Wildman–Crippen LogP) is 6.94. The molecular formula is C32H39NO3. The van der Waals surface area contributed by atoms with Crippen molar-refractivity contribution in [2.75, 3.05) is 20.2 Å². The molecule has 1 aliphatic heterocycles. The third kappa shape index (κ3) is 6.30. The quantitative estimate of drug-likeness (QED) is 0.242. The minimum absolute atomic E-state index is 0.239. The molecule has 0 spiro atoms.